The average Bonchev–Trinajstić information content (AvgIpc) is 3.22. The van der Waals surface area contributed by atoms with Crippen molar-refractivity contribution in [2.24, 2.45) is 0 Å². The molecule has 5 nitrogen and oxygen atoms in total. The third-order valence-corrected chi connectivity index (χ3v) is 6.71. The third-order valence-electron chi connectivity index (χ3n) is 5.67. The number of hydrogen-bond donors (Lipinski definition) is 0. The summed E-state index contributed by atoms with van der Waals surface area (Å²) in [4.78, 5) is 33.6. The van der Waals surface area contributed by atoms with Gasteiger partial charge in [0, 0.05) is 30.5 Å². The van der Waals surface area contributed by atoms with Crippen molar-refractivity contribution < 1.29 is 4.79 Å². The molecule has 0 saturated heterocycles. The highest BCUT2D eigenvalue weighted by atomic mass is 32.1. The van der Waals surface area contributed by atoms with Gasteiger partial charge in [-0.05, 0) is 49.4 Å². The van der Waals surface area contributed by atoms with Gasteiger partial charge in [-0.1, -0.05) is 18.9 Å². The van der Waals surface area contributed by atoms with Crippen LogP contribution in [0.4, 0.5) is 0 Å². The predicted molar refractivity (Wildman–Crippen MR) is 113 cm³/mol. The number of benzene rings is 1. The number of thiophene rings is 1. The lowest BCUT2D eigenvalue weighted by Gasteiger charge is -2.24. The molecule has 1 atom stereocenters. The molecule has 28 heavy (non-hydrogen) atoms. The first kappa shape index (κ1) is 18.9. The summed E-state index contributed by atoms with van der Waals surface area (Å²) >= 11 is 1.65. The van der Waals surface area contributed by atoms with E-state index < -0.39 is 0 Å². The fraction of sp³-hybridized carbons (Fsp3) is 0.409. The first-order chi connectivity index (χ1) is 13.6. The van der Waals surface area contributed by atoms with Gasteiger partial charge in [0.1, 0.15) is 5.82 Å². The van der Waals surface area contributed by atoms with Crippen molar-refractivity contribution in [3.05, 3.63) is 62.3 Å². The molecule has 0 N–H and O–H groups in total. The minimum Gasteiger partial charge on any atom is -0.334 e. The van der Waals surface area contributed by atoms with E-state index in [0.29, 0.717) is 16.5 Å². The third kappa shape index (κ3) is 3.49. The van der Waals surface area contributed by atoms with Gasteiger partial charge in [0.15, 0.2) is 0 Å². The molecule has 1 aromatic carbocycles. The maximum Gasteiger partial charge on any atom is 0.261 e. The molecule has 0 bridgehead atoms. The van der Waals surface area contributed by atoms with Crippen molar-refractivity contribution in [2.45, 2.75) is 51.6 Å². The molecule has 6 heteroatoms. The second kappa shape index (κ2) is 7.87. The van der Waals surface area contributed by atoms with E-state index in [0.717, 1.165) is 42.9 Å². The number of nitrogens with zero attached hydrogens (tertiary/aromatic N) is 3. The molecule has 1 aliphatic rings. The van der Waals surface area contributed by atoms with Gasteiger partial charge < -0.3 is 4.90 Å². The van der Waals surface area contributed by atoms with Crippen molar-refractivity contribution >= 4 is 28.1 Å². The summed E-state index contributed by atoms with van der Waals surface area (Å²) in [7, 11) is 1.82. The van der Waals surface area contributed by atoms with Crippen LogP contribution in [0.15, 0.2) is 40.5 Å². The Hall–Kier alpha value is -2.47. The highest BCUT2D eigenvalue weighted by Crippen LogP contribution is 2.25. The molecule has 1 unspecified atom stereocenters. The Bertz CT molecular complexity index is 1060. The molecule has 1 amide bonds. The summed E-state index contributed by atoms with van der Waals surface area (Å²) < 4.78 is 1.83. The Balaban J connectivity index is 1.70. The van der Waals surface area contributed by atoms with Gasteiger partial charge in [-0.25, -0.2) is 4.98 Å². The lowest BCUT2D eigenvalue weighted by Crippen LogP contribution is -2.30. The van der Waals surface area contributed by atoms with E-state index in [9.17, 15) is 9.59 Å². The summed E-state index contributed by atoms with van der Waals surface area (Å²) in [6, 6.07) is 9.32. The van der Waals surface area contributed by atoms with Crippen LogP contribution in [-0.2, 0) is 13.0 Å². The number of carbonyl (C=O) groups excluding carboxylic acids is 1. The Morgan fingerprint density at radius 2 is 2.04 bits per heavy atom. The zero-order chi connectivity index (χ0) is 19.7. The normalized spacial score (nSPS) is 15.5. The molecule has 0 radical (unpaired) electrons. The van der Waals surface area contributed by atoms with E-state index in [1.165, 1.54) is 6.42 Å². The van der Waals surface area contributed by atoms with Crippen LogP contribution >= 0.6 is 11.3 Å². The molecule has 3 aromatic rings. The van der Waals surface area contributed by atoms with Gasteiger partial charge in [-0.2, -0.15) is 0 Å². The molecule has 0 saturated carbocycles. The smallest absolute Gasteiger partial charge is 0.261 e. The van der Waals surface area contributed by atoms with E-state index in [2.05, 4.69) is 0 Å². The zero-order valence-electron chi connectivity index (χ0n) is 16.4. The SMILES string of the molecule is CC(c1cccs1)N(C)C(=O)c1ccc2c(=O)n3c(nc2c1)CCCCCC3. The van der Waals surface area contributed by atoms with Crippen LogP contribution in [0.25, 0.3) is 10.9 Å². The van der Waals surface area contributed by atoms with E-state index in [4.69, 9.17) is 4.98 Å². The molecule has 0 spiro atoms. The number of hydrogen-bond acceptors (Lipinski definition) is 4. The highest BCUT2D eigenvalue weighted by Gasteiger charge is 2.21. The minimum absolute atomic E-state index is 0.00224. The van der Waals surface area contributed by atoms with Crippen molar-refractivity contribution in [3.63, 3.8) is 0 Å². The lowest BCUT2D eigenvalue weighted by molar-refractivity contribution is 0.0745. The van der Waals surface area contributed by atoms with Gasteiger partial charge in [0.25, 0.3) is 11.5 Å². The van der Waals surface area contributed by atoms with Crippen molar-refractivity contribution in [2.75, 3.05) is 7.05 Å². The van der Waals surface area contributed by atoms with Crippen molar-refractivity contribution in [1.82, 2.24) is 14.5 Å². The van der Waals surface area contributed by atoms with Gasteiger partial charge in [0.05, 0.1) is 16.9 Å². The molecule has 2 aromatic heterocycles. The van der Waals surface area contributed by atoms with Crippen LogP contribution < -0.4 is 5.56 Å². The molecule has 3 heterocycles. The topological polar surface area (TPSA) is 55.2 Å². The van der Waals surface area contributed by atoms with E-state index in [-0.39, 0.29) is 17.5 Å². The highest BCUT2D eigenvalue weighted by molar-refractivity contribution is 7.10. The second-order valence-electron chi connectivity index (χ2n) is 7.49. The fourth-order valence-electron chi connectivity index (χ4n) is 3.83. The number of carbonyl (C=O) groups is 1. The summed E-state index contributed by atoms with van der Waals surface area (Å²) in [5.41, 5.74) is 1.21. The maximum atomic E-state index is 13.0. The first-order valence-electron chi connectivity index (χ1n) is 9.90. The molecular formula is C22H25N3O2S. The zero-order valence-corrected chi connectivity index (χ0v) is 17.2. The molecule has 0 fully saturated rings. The molecule has 0 aliphatic carbocycles. The van der Waals surface area contributed by atoms with Crippen LogP contribution in [0.1, 0.15) is 59.7 Å². The van der Waals surface area contributed by atoms with Crippen LogP contribution in [0.5, 0.6) is 0 Å². The summed E-state index contributed by atoms with van der Waals surface area (Å²) in [5, 5.41) is 2.61. The lowest BCUT2D eigenvalue weighted by atomic mass is 10.1. The first-order valence-corrected chi connectivity index (χ1v) is 10.8. The fourth-order valence-corrected chi connectivity index (χ4v) is 4.65. The summed E-state index contributed by atoms with van der Waals surface area (Å²) in [6.45, 7) is 2.76. The monoisotopic (exact) mass is 395 g/mol. The van der Waals surface area contributed by atoms with Crippen LogP contribution in [-0.4, -0.2) is 27.4 Å². The molecule has 4 rings (SSSR count). The molecule has 1 aliphatic heterocycles. The number of aromatic nitrogens is 2. The van der Waals surface area contributed by atoms with Crippen LogP contribution in [0.2, 0.25) is 0 Å². The quantitative estimate of drug-likeness (QED) is 0.660. The van der Waals surface area contributed by atoms with E-state index in [1.807, 2.05) is 36.1 Å². The van der Waals surface area contributed by atoms with Crippen LogP contribution in [0.3, 0.4) is 0 Å². The Morgan fingerprint density at radius 1 is 1.21 bits per heavy atom. The second-order valence-corrected chi connectivity index (χ2v) is 8.47. The minimum atomic E-state index is -0.0588. The number of fused-ring (bicyclic) bond motifs is 2. The number of amides is 1. The maximum absolute atomic E-state index is 13.0. The Morgan fingerprint density at radius 3 is 2.82 bits per heavy atom. The van der Waals surface area contributed by atoms with Crippen molar-refractivity contribution in [3.8, 4) is 0 Å². The van der Waals surface area contributed by atoms with Crippen LogP contribution in [0, 0.1) is 0 Å². The number of rotatable bonds is 3. The largest absolute Gasteiger partial charge is 0.334 e. The number of aryl methyl sites for hydroxylation is 1. The Kier molecular flexibility index (Phi) is 5.31. The molecule has 146 valence electrons. The standard InChI is InChI=1S/C22H25N3O2S/c1-15(19-8-7-13-28-19)24(2)21(26)16-10-11-17-18(14-16)23-20-9-5-3-4-6-12-25(20)22(17)27/h7-8,10-11,13-15H,3-6,9,12H2,1-2H3. The predicted octanol–water partition coefficient (Wildman–Crippen LogP) is 4.41. The van der Waals surface area contributed by atoms with Gasteiger partial charge in [-0.15, -0.1) is 11.3 Å². The van der Waals surface area contributed by atoms with Gasteiger partial charge in [-0.3, -0.25) is 14.2 Å². The van der Waals surface area contributed by atoms with E-state index >= 15 is 0 Å². The Labute approximate surface area is 168 Å². The van der Waals surface area contributed by atoms with E-state index in [1.54, 1.807) is 34.4 Å². The van der Waals surface area contributed by atoms with Gasteiger partial charge >= 0.3 is 0 Å². The molecular weight excluding hydrogens is 370 g/mol. The summed E-state index contributed by atoms with van der Waals surface area (Å²) in [6.07, 6.45) is 5.22. The summed E-state index contributed by atoms with van der Waals surface area (Å²) in [5.74, 6) is 0.790. The van der Waals surface area contributed by atoms with Crippen molar-refractivity contribution in [1.29, 1.82) is 0 Å². The average molecular weight is 396 g/mol. The van der Waals surface area contributed by atoms with Gasteiger partial charge in [0.2, 0.25) is 0 Å².